The van der Waals surface area contributed by atoms with Gasteiger partial charge in [-0.25, -0.2) is 4.79 Å². The first kappa shape index (κ1) is 19.0. The van der Waals surface area contributed by atoms with Gasteiger partial charge in [-0.15, -0.1) is 0 Å². The van der Waals surface area contributed by atoms with Crippen molar-refractivity contribution in [1.29, 1.82) is 5.26 Å². The second-order valence-corrected chi connectivity index (χ2v) is 6.65. The summed E-state index contributed by atoms with van der Waals surface area (Å²) in [4.78, 5) is 25.7. The Kier molecular flexibility index (Phi) is 6.21. The minimum atomic E-state index is -0.727. The van der Waals surface area contributed by atoms with E-state index in [1.54, 1.807) is 24.9 Å². The van der Waals surface area contributed by atoms with Crippen LogP contribution in [0.25, 0.3) is 0 Å². The van der Waals surface area contributed by atoms with Gasteiger partial charge >= 0.3 is 5.97 Å². The molecule has 1 aliphatic carbocycles. The zero-order valence-electron chi connectivity index (χ0n) is 15.1. The van der Waals surface area contributed by atoms with Crippen molar-refractivity contribution >= 4 is 11.9 Å². The van der Waals surface area contributed by atoms with Crippen LogP contribution >= 0.6 is 0 Å². The zero-order chi connectivity index (χ0) is 18.4. The molecule has 25 heavy (non-hydrogen) atoms. The van der Waals surface area contributed by atoms with Gasteiger partial charge in [0.25, 0.3) is 0 Å². The molecule has 0 radical (unpaired) electrons. The van der Waals surface area contributed by atoms with Gasteiger partial charge in [-0.3, -0.25) is 9.69 Å². The molecular formula is C18H25N3O4. The number of hydrogen-bond acceptors (Lipinski definition) is 6. The van der Waals surface area contributed by atoms with Crippen molar-refractivity contribution in [2.45, 2.75) is 51.1 Å². The summed E-state index contributed by atoms with van der Waals surface area (Å²) in [6, 6.07) is 3.91. The van der Waals surface area contributed by atoms with Crippen molar-refractivity contribution in [3.05, 3.63) is 23.2 Å². The number of likely N-dealkylation sites (N-methyl/N-ethyl adjacent to an activating group) is 1. The van der Waals surface area contributed by atoms with Crippen molar-refractivity contribution in [3.8, 4) is 6.07 Å². The van der Waals surface area contributed by atoms with Gasteiger partial charge in [-0.1, -0.05) is 19.3 Å². The minimum absolute atomic E-state index is 0.150. The van der Waals surface area contributed by atoms with E-state index in [9.17, 15) is 14.9 Å². The quantitative estimate of drug-likeness (QED) is 0.792. The maximum absolute atomic E-state index is 12.3. The number of rotatable bonds is 6. The predicted octanol–water partition coefficient (Wildman–Crippen LogP) is 2.15. The molecule has 0 unspecified atom stereocenters. The molecule has 1 saturated carbocycles. The van der Waals surface area contributed by atoms with E-state index >= 15 is 0 Å². The monoisotopic (exact) mass is 347 g/mol. The van der Waals surface area contributed by atoms with Crippen LogP contribution in [0.2, 0.25) is 0 Å². The highest BCUT2D eigenvalue weighted by Gasteiger charge is 2.33. The van der Waals surface area contributed by atoms with Gasteiger partial charge in [0.1, 0.15) is 22.6 Å². The maximum atomic E-state index is 12.3. The van der Waals surface area contributed by atoms with E-state index in [1.807, 2.05) is 0 Å². The molecule has 2 rings (SSSR count). The van der Waals surface area contributed by atoms with Crippen molar-refractivity contribution in [1.82, 2.24) is 10.2 Å². The first-order chi connectivity index (χ1) is 11.9. The molecule has 1 N–H and O–H groups in total. The first-order valence-electron chi connectivity index (χ1n) is 8.47. The SMILES string of the molecule is COC(=O)c1cc(CN(C)CC(=O)NC2(C#N)CCCCC2)oc1C. The maximum Gasteiger partial charge on any atom is 0.341 e. The van der Waals surface area contributed by atoms with Crippen molar-refractivity contribution in [2.75, 3.05) is 20.7 Å². The van der Waals surface area contributed by atoms with Crippen LogP contribution in [-0.2, 0) is 16.1 Å². The molecule has 0 aromatic carbocycles. The molecule has 0 aliphatic heterocycles. The predicted molar refractivity (Wildman–Crippen MR) is 90.7 cm³/mol. The summed E-state index contributed by atoms with van der Waals surface area (Å²) < 4.78 is 10.3. The number of nitrogens with one attached hydrogen (secondary N) is 1. The Bertz CT molecular complexity index is 668. The fourth-order valence-electron chi connectivity index (χ4n) is 3.23. The molecule has 0 atom stereocenters. The Morgan fingerprint density at radius 2 is 2.08 bits per heavy atom. The fraction of sp³-hybridized carbons (Fsp3) is 0.611. The Morgan fingerprint density at radius 1 is 1.40 bits per heavy atom. The van der Waals surface area contributed by atoms with Crippen molar-refractivity contribution in [2.24, 2.45) is 0 Å². The molecule has 1 aromatic rings. The number of furan rings is 1. The zero-order valence-corrected chi connectivity index (χ0v) is 15.1. The second kappa shape index (κ2) is 8.17. The first-order valence-corrected chi connectivity index (χ1v) is 8.47. The number of hydrogen-bond donors (Lipinski definition) is 1. The Balaban J connectivity index is 1.91. The number of nitrogens with zero attached hydrogens (tertiary/aromatic N) is 2. The van der Waals surface area contributed by atoms with E-state index in [2.05, 4.69) is 11.4 Å². The van der Waals surface area contributed by atoms with E-state index in [0.717, 1.165) is 19.3 Å². The fourth-order valence-corrected chi connectivity index (χ4v) is 3.23. The van der Waals surface area contributed by atoms with Gasteiger partial charge in [0.05, 0.1) is 26.3 Å². The molecule has 0 bridgehead atoms. The van der Waals surface area contributed by atoms with Gasteiger partial charge in [0, 0.05) is 0 Å². The number of nitriles is 1. The summed E-state index contributed by atoms with van der Waals surface area (Å²) in [5.74, 6) is 0.453. The summed E-state index contributed by atoms with van der Waals surface area (Å²) >= 11 is 0. The Labute approximate surface area is 147 Å². The van der Waals surface area contributed by atoms with Crippen molar-refractivity contribution < 1.29 is 18.7 Å². The van der Waals surface area contributed by atoms with Crippen LogP contribution in [0.5, 0.6) is 0 Å². The molecular weight excluding hydrogens is 322 g/mol. The molecule has 1 amide bonds. The number of esters is 1. The molecule has 1 aliphatic rings. The standard InChI is InChI=1S/C18H25N3O4/c1-13-15(17(23)24-3)9-14(25-13)10-21(2)11-16(22)20-18(12-19)7-5-4-6-8-18/h9H,4-8,10-11H2,1-3H3,(H,20,22). The number of amides is 1. The normalized spacial score (nSPS) is 16.3. The molecule has 1 heterocycles. The molecule has 0 spiro atoms. The smallest absolute Gasteiger partial charge is 0.341 e. The number of carbonyl (C=O) groups excluding carboxylic acids is 2. The van der Waals surface area contributed by atoms with Crippen LogP contribution in [0.3, 0.4) is 0 Å². The molecule has 136 valence electrons. The molecule has 0 saturated heterocycles. The van der Waals surface area contributed by atoms with Crippen LogP contribution in [-0.4, -0.2) is 43.0 Å². The van der Waals surface area contributed by atoms with Gasteiger partial charge < -0.3 is 14.5 Å². The number of ether oxygens (including phenoxy) is 1. The lowest BCUT2D eigenvalue weighted by atomic mass is 9.83. The minimum Gasteiger partial charge on any atom is -0.465 e. The number of aryl methyl sites for hydroxylation is 1. The third-order valence-electron chi connectivity index (χ3n) is 4.51. The van der Waals surface area contributed by atoms with Gasteiger partial charge in [-0.05, 0) is 32.9 Å². The second-order valence-electron chi connectivity index (χ2n) is 6.65. The van der Waals surface area contributed by atoms with Gasteiger partial charge in [0.15, 0.2) is 0 Å². The third-order valence-corrected chi connectivity index (χ3v) is 4.51. The van der Waals surface area contributed by atoms with E-state index < -0.39 is 11.5 Å². The van der Waals surface area contributed by atoms with E-state index in [-0.39, 0.29) is 12.5 Å². The van der Waals surface area contributed by atoms with E-state index in [1.165, 1.54) is 7.11 Å². The average molecular weight is 347 g/mol. The molecule has 1 aromatic heterocycles. The summed E-state index contributed by atoms with van der Waals surface area (Å²) in [6.45, 7) is 2.23. The van der Waals surface area contributed by atoms with Crippen LogP contribution in [0.1, 0.15) is 54.0 Å². The highest BCUT2D eigenvalue weighted by atomic mass is 16.5. The highest BCUT2D eigenvalue weighted by Crippen LogP contribution is 2.27. The highest BCUT2D eigenvalue weighted by molar-refractivity contribution is 5.90. The number of methoxy groups -OCH3 is 1. The lowest BCUT2D eigenvalue weighted by Crippen LogP contribution is -2.51. The van der Waals surface area contributed by atoms with Crippen molar-refractivity contribution in [3.63, 3.8) is 0 Å². The number of carbonyl (C=O) groups is 2. The Morgan fingerprint density at radius 3 is 2.68 bits per heavy atom. The largest absolute Gasteiger partial charge is 0.465 e. The average Bonchev–Trinajstić information content (AvgIpc) is 2.94. The molecule has 7 nitrogen and oxygen atoms in total. The summed E-state index contributed by atoms with van der Waals surface area (Å²) in [5.41, 5.74) is -0.337. The summed E-state index contributed by atoms with van der Waals surface area (Å²) in [6.07, 6.45) is 4.45. The summed E-state index contributed by atoms with van der Waals surface area (Å²) in [5, 5.41) is 12.3. The van der Waals surface area contributed by atoms with Crippen LogP contribution < -0.4 is 5.32 Å². The third kappa shape index (κ3) is 4.83. The molecule has 7 heteroatoms. The Hall–Kier alpha value is -2.33. The lowest BCUT2D eigenvalue weighted by Gasteiger charge is -2.32. The topological polar surface area (TPSA) is 95.6 Å². The lowest BCUT2D eigenvalue weighted by molar-refractivity contribution is -0.123. The molecule has 1 fully saturated rings. The van der Waals surface area contributed by atoms with Crippen LogP contribution in [0.4, 0.5) is 0 Å². The van der Waals surface area contributed by atoms with Crippen LogP contribution in [0.15, 0.2) is 10.5 Å². The summed E-state index contributed by atoms with van der Waals surface area (Å²) in [7, 11) is 3.11. The van der Waals surface area contributed by atoms with Gasteiger partial charge in [-0.2, -0.15) is 5.26 Å². The van der Waals surface area contributed by atoms with Gasteiger partial charge in [0.2, 0.25) is 5.91 Å². The van der Waals surface area contributed by atoms with E-state index in [0.29, 0.717) is 36.5 Å². The van der Waals surface area contributed by atoms with E-state index in [4.69, 9.17) is 9.15 Å². The van der Waals surface area contributed by atoms with Crippen LogP contribution in [0, 0.1) is 18.3 Å².